The van der Waals surface area contributed by atoms with Gasteiger partial charge in [0.1, 0.15) is 23.0 Å². The van der Waals surface area contributed by atoms with Gasteiger partial charge in [-0.15, -0.1) is 0 Å². The monoisotopic (exact) mass is 196 g/mol. The van der Waals surface area contributed by atoms with E-state index in [9.17, 15) is 0 Å². The maximum Gasteiger partial charge on any atom is 0.110 e. The van der Waals surface area contributed by atoms with Gasteiger partial charge in [-0.2, -0.15) is 0 Å². The topological polar surface area (TPSA) is 9.23 Å². The zero-order valence-corrected chi connectivity index (χ0v) is 5.38. The molecule has 0 radical (unpaired) electrons. The zero-order valence-electron chi connectivity index (χ0n) is 3.23. The van der Waals surface area contributed by atoms with Crippen molar-refractivity contribution in [1.29, 1.82) is 0 Å². The highest BCUT2D eigenvalue weighted by Gasteiger charge is 2.06. The molecule has 0 aromatic heterocycles. The predicted molar refractivity (Wildman–Crippen MR) is 32.6 cm³/mol. The summed E-state index contributed by atoms with van der Waals surface area (Å²) in [7, 11) is 0. The van der Waals surface area contributed by atoms with Gasteiger partial charge in [-0.1, -0.05) is 12.2 Å². The summed E-state index contributed by atoms with van der Waals surface area (Å²) in [6.45, 7) is 0. The Hall–Kier alpha value is 0.430. The van der Waals surface area contributed by atoms with Gasteiger partial charge in [0.25, 0.3) is 0 Å². The van der Waals surface area contributed by atoms with Crippen molar-refractivity contribution in [3.63, 3.8) is 0 Å². The molecule has 0 aromatic rings. The molecule has 0 saturated carbocycles. The minimum atomic E-state index is 0.422. The van der Waals surface area contributed by atoms with E-state index in [2.05, 4.69) is 6.08 Å². The third-order valence-corrected chi connectivity index (χ3v) is 1.49. The van der Waals surface area contributed by atoms with Crippen molar-refractivity contribution in [3.8, 4) is 0 Å². The quantitative estimate of drug-likeness (QED) is 0.457. The second kappa shape index (κ2) is 1.93. The third kappa shape index (κ3) is 0.733. The van der Waals surface area contributed by atoms with E-state index < -0.39 is 0 Å². The van der Waals surface area contributed by atoms with Crippen LogP contribution in [-0.4, -0.2) is 6.10 Å². The van der Waals surface area contributed by atoms with Crippen LogP contribution in [0.15, 0.2) is 12.2 Å². The van der Waals surface area contributed by atoms with Gasteiger partial charge in [0, 0.05) is 0 Å². The van der Waals surface area contributed by atoms with Crippen LogP contribution in [0.2, 0.25) is 0 Å². The van der Waals surface area contributed by atoms with E-state index in [1.807, 2.05) is 29.1 Å². The van der Waals surface area contributed by atoms with Crippen molar-refractivity contribution in [3.05, 3.63) is 12.2 Å². The minimum absolute atomic E-state index is 0.422. The molecular formula is C4H5IO. The zero-order chi connectivity index (χ0) is 4.41. The Morgan fingerprint density at radius 3 is 2.50 bits per heavy atom. The highest BCUT2D eigenvalue weighted by Crippen LogP contribution is 2.13. The standard InChI is InChI=1S/C4H5IO/c5-6-4-2-1-3-4/h1-2,4H,3H2/t4-/m1/s1. The van der Waals surface area contributed by atoms with Crippen LogP contribution < -0.4 is 0 Å². The Morgan fingerprint density at radius 1 is 1.83 bits per heavy atom. The van der Waals surface area contributed by atoms with Crippen molar-refractivity contribution in [2.75, 3.05) is 0 Å². The van der Waals surface area contributed by atoms with Crippen LogP contribution in [0.4, 0.5) is 0 Å². The van der Waals surface area contributed by atoms with Gasteiger partial charge >= 0.3 is 0 Å². The predicted octanol–water partition coefficient (Wildman–Crippen LogP) is 1.68. The molecule has 1 nitrogen and oxygen atoms in total. The first-order chi connectivity index (χ1) is 2.93. The van der Waals surface area contributed by atoms with Gasteiger partial charge < -0.3 is 3.07 Å². The SMILES string of the molecule is IO[C@@H]1C=CC1. The lowest BCUT2D eigenvalue weighted by atomic mass is 10.1. The molecule has 34 valence electrons. The van der Waals surface area contributed by atoms with E-state index >= 15 is 0 Å². The van der Waals surface area contributed by atoms with E-state index in [-0.39, 0.29) is 0 Å². The number of hydrogen-bond donors (Lipinski definition) is 0. The van der Waals surface area contributed by atoms with E-state index in [1.165, 1.54) is 0 Å². The van der Waals surface area contributed by atoms with Crippen molar-refractivity contribution < 1.29 is 3.07 Å². The molecule has 1 aliphatic rings. The number of rotatable bonds is 1. The van der Waals surface area contributed by atoms with E-state index in [4.69, 9.17) is 3.07 Å². The first kappa shape index (κ1) is 4.59. The molecule has 0 N–H and O–H groups in total. The van der Waals surface area contributed by atoms with Crippen LogP contribution in [0.1, 0.15) is 6.42 Å². The lowest BCUT2D eigenvalue weighted by Crippen LogP contribution is -2.08. The number of hydrogen-bond acceptors (Lipinski definition) is 1. The lowest BCUT2D eigenvalue weighted by molar-refractivity contribution is 0.325. The highest BCUT2D eigenvalue weighted by atomic mass is 127. The fourth-order valence-electron chi connectivity index (χ4n) is 0.313. The summed E-state index contributed by atoms with van der Waals surface area (Å²) >= 11 is 1.91. The molecule has 0 heterocycles. The lowest BCUT2D eigenvalue weighted by Gasteiger charge is -2.11. The third-order valence-electron chi connectivity index (χ3n) is 0.834. The fourth-order valence-corrected chi connectivity index (χ4v) is 0.690. The molecule has 0 bridgehead atoms. The smallest absolute Gasteiger partial charge is 0.110 e. The highest BCUT2D eigenvalue weighted by molar-refractivity contribution is 14.1. The Kier molecular flexibility index (Phi) is 1.48. The summed E-state index contributed by atoms with van der Waals surface area (Å²) in [5.41, 5.74) is 0. The van der Waals surface area contributed by atoms with Crippen LogP contribution in [0, 0.1) is 0 Å². The van der Waals surface area contributed by atoms with Crippen molar-refractivity contribution in [2.45, 2.75) is 12.5 Å². The molecule has 2 heteroatoms. The Balaban J connectivity index is 2.21. The Bertz CT molecular complexity index is 69.9. The Labute approximate surface area is 51.1 Å². The largest absolute Gasteiger partial charge is 0.308 e. The first-order valence-corrected chi connectivity index (χ1v) is 2.75. The summed E-state index contributed by atoms with van der Waals surface area (Å²) in [5.74, 6) is 0. The van der Waals surface area contributed by atoms with Gasteiger partial charge in [-0.25, -0.2) is 0 Å². The van der Waals surface area contributed by atoms with Crippen LogP contribution in [0.5, 0.6) is 0 Å². The minimum Gasteiger partial charge on any atom is -0.308 e. The average molecular weight is 196 g/mol. The maximum absolute atomic E-state index is 4.87. The molecule has 0 aromatic carbocycles. The normalized spacial score (nSPS) is 29.8. The molecule has 0 amide bonds. The average Bonchev–Trinajstić information content (AvgIpc) is 1.31. The summed E-state index contributed by atoms with van der Waals surface area (Å²) in [4.78, 5) is 0. The second-order valence-electron chi connectivity index (χ2n) is 1.29. The van der Waals surface area contributed by atoms with Gasteiger partial charge in [0.15, 0.2) is 0 Å². The van der Waals surface area contributed by atoms with Gasteiger partial charge in [-0.3, -0.25) is 0 Å². The van der Waals surface area contributed by atoms with Crippen molar-refractivity contribution >= 4 is 23.0 Å². The molecule has 0 aliphatic heterocycles. The Morgan fingerprint density at radius 2 is 2.50 bits per heavy atom. The molecule has 0 fully saturated rings. The molecular weight excluding hydrogens is 191 g/mol. The van der Waals surface area contributed by atoms with Gasteiger partial charge in [0.2, 0.25) is 0 Å². The first-order valence-electron chi connectivity index (χ1n) is 1.87. The molecule has 0 spiro atoms. The summed E-state index contributed by atoms with van der Waals surface area (Å²) in [6, 6.07) is 0. The molecule has 0 saturated heterocycles. The molecule has 1 atom stereocenters. The van der Waals surface area contributed by atoms with E-state index in [0.717, 1.165) is 6.42 Å². The van der Waals surface area contributed by atoms with Crippen molar-refractivity contribution in [2.24, 2.45) is 0 Å². The van der Waals surface area contributed by atoms with E-state index in [0.29, 0.717) is 6.10 Å². The molecule has 1 aliphatic carbocycles. The summed E-state index contributed by atoms with van der Waals surface area (Å²) in [5, 5.41) is 0. The van der Waals surface area contributed by atoms with Crippen LogP contribution in [0.25, 0.3) is 0 Å². The second-order valence-corrected chi connectivity index (χ2v) is 1.80. The van der Waals surface area contributed by atoms with Crippen LogP contribution >= 0.6 is 23.0 Å². The molecule has 6 heavy (non-hydrogen) atoms. The summed E-state index contributed by atoms with van der Waals surface area (Å²) < 4.78 is 4.87. The maximum atomic E-state index is 4.87. The fraction of sp³-hybridized carbons (Fsp3) is 0.500. The van der Waals surface area contributed by atoms with Crippen molar-refractivity contribution in [1.82, 2.24) is 0 Å². The summed E-state index contributed by atoms with van der Waals surface area (Å²) in [6.07, 6.45) is 5.67. The van der Waals surface area contributed by atoms with Gasteiger partial charge in [-0.05, 0) is 6.42 Å². The molecule has 1 rings (SSSR count). The number of halogens is 1. The van der Waals surface area contributed by atoms with Gasteiger partial charge in [0.05, 0.1) is 6.10 Å². The van der Waals surface area contributed by atoms with E-state index in [1.54, 1.807) is 0 Å². The van der Waals surface area contributed by atoms with Crippen LogP contribution in [0.3, 0.4) is 0 Å². The molecule has 0 unspecified atom stereocenters. The van der Waals surface area contributed by atoms with Crippen LogP contribution in [-0.2, 0) is 3.07 Å².